The zero-order valence-corrected chi connectivity index (χ0v) is 13.8. The van der Waals surface area contributed by atoms with Crippen molar-refractivity contribution >= 4 is 16.9 Å². The second-order valence-corrected chi connectivity index (χ2v) is 6.33. The monoisotopic (exact) mass is 343 g/mol. The summed E-state index contributed by atoms with van der Waals surface area (Å²) in [5, 5.41) is 11.1. The minimum atomic E-state index is -0.276. The van der Waals surface area contributed by atoms with E-state index in [0.717, 1.165) is 24.2 Å². The average molecular weight is 343 g/mol. The molecule has 1 aliphatic heterocycles. The van der Waals surface area contributed by atoms with Crippen LogP contribution < -0.4 is 0 Å². The number of H-pyrrole nitrogens is 1. The standard InChI is InChI=1S/C16H18FN7O/c1-23-14(20-21-22-23)9-15(25)24-6-4-10(5-7-24)16-18-12-3-2-11(17)8-13(12)19-16/h2-3,8,10H,4-7,9H2,1H3,(H,18,19). The molecular formula is C16H18FN7O. The van der Waals surface area contributed by atoms with Crippen molar-refractivity contribution in [1.82, 2.24) is 35.1 Å². The average Bonchev–Trinajstić information content (AvgIpc) is 3.21. The highest BCUT2D eigenvalue weighted by atomic mass is 19.1. The molecule has 0 atom stereocenters. The van der Waals surface area contributed by atoms with Gasteiger partial charge in [-0.15, -0.1) is 5.10 Å². The number of nitrogens with zero attached hydrogens (tertiary/aromatic N) is 6. The molecule has 130 valence electrons. The number of rotatable bonds is 3. The van der Waals surface area contributed by atoms with Gasteiger partial charge in [-0.05, 0) is 41.5 Å². The van der Waals surface area contributed by atoms with Crippen molar-refractivity contribution in [1.29, 1.82) is 0 Å². The van der Waals surface area contributed by atoms with E-state index in [-0.39, 0.29) is 24.1 Å². The molecule has 1 saturated heterocycles. The van der Waals surface area contributed by atoms with Crippen LogP contribution in [0.4, 0.5) is 4.39 Å². The fraction of sp³-hybridized carbons (Fsp3) is 0.438. The van der Waals surface area contributed by atoms with Gasteiger partial charge in [0.2, 0.25) is 5.91 Å². The molecule has 25 heavy (non-hydrogen) atoms. The Kier molecular flexibility index (Phi) is 3.90. The van der Waals surface area contributed by atoms with E-state index in [1.54, 1.807) is 13.1 Å². The molecule has 1 aromatic carbocycles. The van der Waals surface area contributed by atoms with Crippen LogP contribution in [-0.2, 0) is 18.3 Å². The van der Waals surface area contributed by atoms with Gasteiger partial charge in [0.25, 0.3) is 0 Å². The molecule has 0 radical (unpaired) electrons. The molecule has 1 fully saturated rings. The first kappa shape index (κ1) is 15.7. The lowest BCUT2D eigenvalue weighted by atomic mass is 9.96. The molecule has 1 N–H and O–H groups in total. The molecule has 3 heterocycles. The number of amides is 1. The Bertz CT molecular complexity index is 910. The lowest BCUT2D eigenvalue weighted by molar-refractivity contribution is -0.131. The summed E-state index contributed by atoms with van der Waals surface area (Å²) >= 11 is 0. The Morgan fingerprint density at radius 1 is 1.36 bits per heavy atom. The number of piperidine rings is 1. The topological polar surface area (TPSA) is 92.6 Å². The van der Waals surface area contributed by atoms with Crippen LogP contribution in [0.2, 0.25) is 0 Å². The molecule has 1 amide bonds. The lowest BCUT2D eigenvalue weighted by Gasteiger charge is -2.31. The highest BCUT2D eigenvalue weighted by Crippen LogP contribution is 2.28. The summed E-state index contributed by atoms with van der Waals surface area (Å²) in [5.41, 5.74) is 1.48. The number of hydrogen-bond donors (Lipinski definition) is 1. The summed E-state index contributed by atoms with van der Waals surface area (Å²) in [6.07, 6.45) is 1.86. The number of likely N-dealkylation sites (tertiary alicyclic amines) is 1. The molecule has 0 spiro atoms. The van der Waals surface area contributed by atoms with Crippen LogP contribution >= 0.6 is 0 Å². The van der Waals surface area contributed by atoms with Gasteiger partial charge in [0.15, 0.2) is 5.82 Å². The summed E-state index contributed by atoms with van der Waals surface area (Å²) in [6.45, 7) is 1.33. The number of hydrogen-bond acceptors (Lipinski definition) is 5. The number of nitrogens with one attached hydrogen (secondary N) is 1. The molecule has 2 aromatic heterocycles. The van der Waals surface area contributed by atoms with E-state index < -0.39 is 0 Å². The predicted octanol–water partition coefficient (Wildman–Crippen LogP) is 1.17. The molecule has 1 aliphatic rings. The fourth-order valence-electron chi connectivity index (χ4n) is 3.24. The maximum atomic E-state index is 13.3. The smallest absolute Gasteiger partial charge is 0.230 e. The summed E-state index contributed by atoms with van der Waals surface area (Å²) in [4.78, 5) is 22.0. The van der Waals surface area contributed by atoms with E-state index in [4.69, 9.17) is 0 Å². The van der Waals surface area contributed by atoms with E-state index in [2.05, 4.69) is 25.5 Å². The Morgan fingerprint density at radius 2 is 2.16 bits per heavy atom. The largest absolute Gasteiger partial charge is 0.342 e. The van der Waals surface area contributed by atoms with E-state index in [9.17, 15) is 9.18 Å². The van der Waals surface area contributed by atoms with Crippen molar-refractivity contribution in [3.63, 3.8) is 0 Å². The fourth-order valence-corrected chi connectivity index (χ4v) is 3.24. The Balaban J connectivity index is 1.40. The minimum Gasteiger partial charge on any atom is -0.342 e. The predicted molar refractivity (Wildman–Crippen MR) is 87.1 cm³/mol. The van der Waals surface area contributed by atoms with Gasteiger partial charge < -0.3 is 9.88 Å². The highest BCUT2D eigenvalue weighted by Gasteiger charge is 2.26. The number of carbonyl (C=O) groups is 1. The van der Waals surface area contributed by atoms with Crippen molar-refractivity contribution in [2.75, 3.05) is 13.1 Å². The molecule has 0 saturated carbocycles. The third-order valence-electron chi connectivity index (χ3n) is 4.71. The van der Waals surface area contributed by atoms with Crippen molar-refractivity contribution in [3.05, 3.63) is 35.7 Å². The Hall–Kier alpha value is -2.84. The number of aromatic nitrogens is 6. The third-order valence-corrected chi connectivity index (χ3v) is 4.71. The maximum Gasteiger partial charge on any atom is 0.230 e. The van der Waals surface area contributed by atoms with Gasteiger partial charge in [0, 0.05) is 26.1 Å². The van der Waals surface area contributed by atoms with Crippen LogP contribution in [0.5, 0.6) is 0 Å². The van der Waals surface area contributed by atoms with Crippen LogP contribution in [0.25, 0.3) is 11.0 Å². The number of imidazole rings is 1. The maximum absolute atomic E-state index is 13.3. The van der Waals surface area contributed by atoms with Gasteiger partial charge in [0.1, 0.15) is 11.6 Å². The molecule has 0 aliphatic carbocycles. The van der Waals surface area contributed by atoms with Gasteiger partial charge in [0.05, 0.1) is 17.5 Å². The van der Waals surface area contributed by atoms with Crippen LogP contribution in [0, 0.1) is 5.82 Å². The molecule has 4 rings (SSSR count). The molecule has 0 bridgehead atoms. The summed E-state index contributed by atoms with van der Waals surface area (Å²) in [5.74, 6) is 1.43. The van der Waals surface area contributed by atoms with Crippen molar-refractivity contribution in [2.45, 2.75) is 25.2 Å². The summed E-state index contributed by atoms with van der Waals surface area (Å²) in [6, 6.07) is 4.55. The molecular weight excluding hydrogens is 325 g/mol. The van der Waals surface area contributed by atoms with Crippen LogP contribution in [0.3, 0.4) is 0 Å². The van der Waals surface area contributed by atoms with Gasteiger partial charge in [-0.25, -0.2) is 14.1 Å². The first-order chi connectivity index (χ1) is 12.1. The summed E-state index contributed by atoms with van der Waals surface area (Å²) < 4.78 is 14.8. The number of aromatic amines is 1. The van der Waals surface area contributed by atoms with Gasteiger partial charge in [-0.3, -0.25) is 4.79 Å². The van der Waals surface area contributed by atoms with E-state index >= 15 is 0 Å². The SMILES string of the molecule is Cn1nnnc1CC(=O)N1CCC(c2nc3ccc(F)cc3[nH]2)CC1. The van der Waals surface area contributed by atoms with Gasteiger partial charge >= 0.3 is 0 Å². The number of carbonyl (C=O) groups excluding carboxylic acids is 1. The van der Waals surface area contributed by atoms with Gasteiger partial charge in [-0.1, -0.05) is 0 Å². The number of halogens is 1. The molecule has 9 heteroatoms. The third kappa shape index (κ3) is 3.09. The zero-order chi connectivity index (χ0) is 17.4. The lowest BCUT2D eigenvalue weighted by Crippen LogP contribution is -2.39. The molecule has 0 unspecified atom stereocenters. The minimum absolute atomic E-state index is 0.0306. The van der Waals surface area contributed by atoms with Gasteiger partial charge in [-0.2, -0.15) is 0 Å². The van der Waals surface area contributed by atoms with Crippen LogP contribution in [0.1, 0.15) is 30.4 Å². The van der Waals surface area contributed by atoms with E-state index in [0.29, 0.717) is 24.4 Å². The first-order valence-electron chi connectivity index (χ1n) is 8.24. The Morgan fingerprint density at radius 3 is 2.88 bits per heavy atom. The van der Waals surface area contributed by atoms with Crippen molar-refractivity contribution in [3.8, 4) is 0 Å². The van der Waals surface area contributed by atoms with Crippen molar-refractivity contribution in [2.24, 2.45) is 7.05 Å². The first-order valence-corrected chi connectivity index (χ1v) is 8.24. The number of aryl methyl sites for hydroxylation is 1. The normalized spacial score (nSPS) is 15.8. The molecule has 3 aromatic rings. The highest BCUT2D eigenvalue weighted by molar-refractivity contribution is 5.78. The number of benzene rings is 1. The number of fused-ring (bicyclic) bond motifs is 1. The second kappa shape index (κ2) is 6.23. The van der Waals surface area contributed by atoms with Crippen LogP contribution in [0.15, 0.2) is 18.2 Å². The quantitative estimate of drug-likeness (QED) is 0.771. The summed E-state index contributed by atoms with van der Waals surface area (Å²) in [7, 11) is 1.72. The molecule has 8 nitrogen and oxygen atoms in total. The van der Waals surface area contributed by atoms with E-state index in [1.807, 2.05) is 4.90 Å². The second-order valence-electron chi connectivity index (χ2n) is 6.33. The van der Waals surface area contributed by atoms with E-state index in [1.165, 1.54) is 16.8 Å². The zero-order valence-electron chi connectivity index (χ0n) is 13.8. The van der Waals surface area contributed by atoms with Crippen molar-refractivity contribution < 1.29 is 9.18 Å². The van der Waals surface area contributed by atoms with Crippen LogP contribution in [-0.4, -0.2) is 54.1 Å². The Labute approximate surface area is 143 Å². The number of tetrazole rings is 1.